The molecule has 0 spiro atoms. The van der Waals surface area contributed by atoms with E-state index in [0.717, 1.165) is 25.5 Å². The third kappa shape index (κ3) is 3.35. The van der Waals surface area contributed by atoms with E-state index in [-0.39, 0.29) is 35.9 Å². The number of ketones is 1. The van der Waals surface area contributed by atoms with Gasteiger partial charge < -0.3 is 19.0 Å². The Bertz CT molecular complexity index is 714. The van der Waals surface area contributed by atoms with Crippen molar-refractivity contribution in [3.8, 4) is 0 Å². The number of hydrogen-bond donors (Lipinski definition) is 0. The Kier molecular flexibility index (Phi) is 6.00. The lowest BCUT2D eigenvalue weighted by Crippen LogP contribution is -2.60. The van der Waals surface area contributed by atoms with Crippen molar-refractivity contribution in [1.29, 1.82) is 0 Å². The third-order valence-electron chi connectivity index (χ3n) is 8.44. The van der Waals surface area contributed by atoms with E-state index >= 15 is 0 Å². The highest BCUT2D eigenvalue weighted by atomic mass is 16.8. The van der Waals surface area contributed by atoms with Crippen molar-refractivity contribution in [3.05, 3.63) is 0 Å². The molecule has 2 saturated carbocycles. The summed E-state index contributed by atoms with van der Waals surface area (Å²) in [7, 11) is 1.39. The number of rotatable bonds is 5. The summed E-state index contributed by atoms with van der Waals surface area (Å²) in [5.41, 5.74) is -1.87. The van der Waals surface area contributed by atoms with Crippen molar-refractivity contribution < 1.29 is 28.6 Å². The van der Waals surface area contributed by atoms with Crippen LogP contribution in [-0.4, -0.2) is 42.6 Å². The van der Waals surface area contributed by atoms with Gasteiger partial charge in [0.2, 0.25) is 0 Å². The summed E-state index contributed by atoms with van der Waals surface area (Å²) in [5, 5.41) is 0. The van der Waals surface area contributed by atoms with E-state index in [0.29, 0.717) is 12.8 Å². The van der Waals surface area contributed by atoms with Crippen LogP contribution in [0.3, 0.4) is 0 Å². The molecule has 0 aromatic carbocycles. The Hall–Kier alpha value is -1.27. The Balaban J connectivity index is 2.01. The van der Waals surface area contributed by atoms with Gasteiger partial charge >= 0.3 is 5.97 Å². The molecule has 6 heteroatoms. The van der Waals surface area contributed by atoms with E-state index in [1.165, 1.54) is 7.11 Å². The summed E-state index contributed by atoms with van der Waals surface area (Å²) in [5.74, 6) is -1.43. The molecule has 0 aromatic heterocycles. The Morgan fingerprint density at radius 1 is 1.20 bits per heavy atom. The number of carbonyl (C=O) groups is 3. The maximum Gasteiger partial charge on any atom is 0.311 e. The molecule has 0 bridgehead atoms. The summed E-state index contributed by atoms with van der Waals surface area (Å²) >= 11 is 0. The Morgan fingerprint density at radius 2 is 1.87 bits per heavy atom. The van der Waals surface area contributed by atoms with Crippen LogP contribution in [0.5, 0.6) is 0 Å². The van der Waals surface area contributed by atoms with Crippen LogP contribution in [0.1, 0.15) is 80.1 Å². The molecule has 6 nitrogen and oxygen atoms in total. The highest BCUT2D eigenvalue weighted by molar-refractivity contribution is 5.89. The minimum atomic E-state index is -0.810. The predicted molar refractivity (Wildman–Crippen MR) is 112 cm³/mol. The van der Waals surface area contributed by atoms with Crippen molar-refractivity contribution in [2.45, 2.75) is 97.6 Å². The molecule has 1 aliphatic heterocycles. The molecule has 1 heterocycles. The maximum atomic E-state index is 13.9. The van der Waals surface area contributed by atoms with Gasteiger partial charge in [-0.3, -0.25) is 9.59 Å². The second kappa shape index (κ2) is 7.70. The van der Waals surface area contributed by atoms with Gasteiger partial charge in [-0.1, -0.05) is 27.2 Å². The third-order valence-corrected chi connectivity index (χ3v) is 8.44. The first kappa shape index (κ1) is 23.4. The molecule has 2 unspecified atom stereocenters. The molecule has 3 rings (SSSR count). The molecule has 0 N–H and O–H groups in total. The minimum absolute atomic E-state index is 0.0630. The standard InChI is InChI=1S/C24H38O6/c1-15(2)24-13-9-16(18(26)19(24)29-21(3,4)30-24)22(5)11-8-12-23(6,20(27)28-7)17(22)10-14-25/h14-17,19H,8-13H2,1-7H3/t16?,17?,19-,22+,23+,24-/m1/s1. The number of hydrogen-bond acceptors (Lipinski definition) is 6. The van der Waals surface area contributed by atoms with Gasteiger partial charge in [0.15, 0.2) is 11.6 Å². The molecule has 2 aliphatic carbocycles. The van der Waals surface area contributed by atoms with Crippen LogP contribution < -0.4 is 0 Å². The van der Waals surface area contributed by atoms with Gasteiger partial charge in [-0.05, 0) is 63.7 Å². The molecule has 30 heavy (non-hydrogen) atoms. The number of methoxy groups -OCH3 is 1. The van der Waals surface area contributed by atoms with Crippen LogP contribution in [0, 0.1) is 28.6 Å². The molecule has 1 saturated heterocycles. The SMILES string of the molecule is COC(=O)[C@@]1(C)CCC[C@@](C)(C2CC[C@]3(C(C)C)OC(C)(C)O[C@@H]3C2=O)C1CC=O. The van der Waals surface area contributed by atoms with Crippen LogP contribution in [0.2, 0.25) is 0 Å². The monoisotopic (exact) mass is 422 g/mol. The Labute approximate surface area is 180 Å². The van der Waals surface area contributed by atoms with Crippen molar-refractivity contribution in [1.82, 2.24) is 0 Å². The second-order valence-electron chi connectivity index (χ2n) is 10.8. The van der Waals surface area contributed by atoms with Gasteiger partial charge in [0.1, 0.15) is 18.0 Å². The molecule has 3 fully saturated rings. The number of esters is 1. The van der Waals surface area contributed by atoms with Crippen molar-refractivity contribution in [2.75, 3.05) is 7.11 Å². The fourth-order valence-electron chi connectivity index (χ4n) is 6.89. The first-order valence-electron chi connectivity index (χ1n) is 11.3. The van der Waals surface area contributed by atoms with Crippen LogP contribution in [0.4, 0.5) is 0 Å². The normalized spacial score (nSPS) is 43.3. The number of Topliss-reactive ketones (excluding diaryl/α,β-unsaturated/α-hetero) is 1. The van der Waals surface area contributed by atoms with Crippen molar-refractivity contribution in [2.24, 2.45) is 28.6 Å². The van der Waals surface area contributed by atoms with Gasteiger partial charge in [0.25, 0.3) is 0 Å². The average molecular weight is 423 g/mol. The van der Waals surface area contributed by atoms with Gasteiger partial charge in [-0.25, -0.2) is 0 Å². The van der Waals surface area contributed by atoms with E-state index in [4.69, 9.17) is 14.2 Å². The van der Waals surface area contributed by atoms with E-state index in [9.17, 15) is 14.4 Å². The molecule has 6 atom stereocenters. The number of carbonyl (C=O) groups excluding carboxylic acids is 3. The van der Waals surface area contributed by atoms with Gasteiger partial charge in [-0.15, -0.1) is 0 Å². The van der Waals surface area contributed by atoms with Crippen LogP contribution in [0.25, 0.3) is 0 Å². The maximum absolute atomic E-state index is 13.9. The summed E-state index contributed by atoms with van der Waals surface area (Å²) in [6, 6.07) is 0. The largest absolute Gasteiger partial charge is 0.469 e. The van der Waals surface area contributed by atoms with Crippen molar-refractivity contribution in [3.63, 3.8) is 0 Å². The number of ether oxygens (including phenoxy) is 3. The quantitative estimate of drug-likeness (QED) is 0.490. The van der Waals surface area contributed by atoms with Crippen LogP contribution >= 0.6 is 0 Å². The molecule has 170 valence electrons. The second-order valence-corrected chi connectivity index (χ2v) is 10.8. The minimum Gasteiger partial charge on any atom is -0.469 e. The topological polar surface area (TPSA) is 78.9 Å². The van der Waals surface area contributed by atoms with Gasteiger partial charge in [0, 0.05) is 12.3 Å². The van der Waals surface area contributed by atoms with Gasteiger partial charge in [0.05, 0.1) is 12.5 Å². The van der Waals surface area contributed by atoms with Crippen LogP contribution in [0.15, 0.2) is 0 Å². The first-order valence-corrected chi connectivity index (χ1v) is 11.3. The number of aldehydes is 1. The molecule has 0 aromatic rings. The van der Waals surface area contributed by atoms with Crippen LogP contribution in [-0.2, 0) is 28.6 Å². The fourth-order valence-corrected chi connectivity index (χ4v) is 6.89. The lowest BCUT2D eigenvalue weighted by atomic mass is 9.48. The summed E-state index contributed by atoms with van der Waals surface area (Å²) in [4.78, 5) is 38.3. The lowest BCUT2D eigenvalue weighted by molar-refractivity contribution is -0.177. The Morgan fingerprint density at radius 3 is 2.43 bits per heavy atom. The molecule has 0 amide bonds. The summed E-state index contributed by atoms with van der Waals surface area (Å²) in [6.07, 6.45) is 4.22. The van der Waals surface area contributed by atoms with E-state index in [2.05, 4.69) is 20.8 Å². The zero-order valence-electron chi connectivity index (χ0n) is 19.6. The van der Waals surface area contributed by atoms with E-state index in [1.54, 1.807) is 0 Å². The smallest absolute Gasteiger partial charge is 0.311 e. The highest BCUT2D eigenvalue weighted by Crippen LogP contribution is 2.60. The molecule has 0 radical (unpaired) electrons. The summed E-state index contributed by atoms with van der Waals surface area (Å²) < 4.78 is 17.7. The van der Waals surface area contributed by atoms with E-state index < -0.39 is 28.3 Å². The van der Waals surface area contributed by atoms with Gasteiger partial charge in [-0.2, -0.15) is 0 Å². The summed E-state index contributed by atoms with van der Waals surface area (Å²) in [6.45, 7) is 11.9. The average Bonchev–Trinajstić information content (AvgIpc) is 2.97. The lowest BCUT2D eigenvalue weighted by Gasteiger charge is -2.55. The predicted octanol–water partition coefficient (Wildman–Crippen LogP) is 4.09. The highest BCUT2D eigenvalue weighted by Gasteiger charge is 2.65. The molecular weight excluding hydrogens is 384 g/mol. The zero-order chi connectivity index (χ0) is 22.5. The molecular formula is C24H38O6. The van der Waals surface area contributed by atoms with Crippen molar-refractivity contribution >= 4 is 18.0 Å². The fraction of sp³-hybridized carbons (Fsp3) is 0.875. The zero-order valence-corrected chi connectivity index (χ0v) is 19.6. The number of fused-ring (bicyclic) bond motifs is 1. The first-order chi connectivity index (χ1) is 13.9. The van der Waals surface area contributed by atoms with E-state index in [1.807, 2.05) is 20.8 Å². The molecule has 3 aliphatic rings.